The summed E-state index contributed by atoms with van der Waals surface area (Å²) in [7, 11) is 1.90. The van der Waals surface area contributed by atoms with Crippen molar-refractivity contribution in [2.24, 2.45) is 7.05 Å². The number of fused-ring (bicyclic) bond motifs is 1. The van der Waals surface area contributed by atoms with Crippen LogP contribution in [0.4, 0.5) is 0 Å². The number of amides is 1. The number of hydrogen-bond donors (Lipinski definition) is 1. The predicted molar refractivity (Wildman–Crippen MR) is 107 cm³/mol. The van der Waals surface area contributed by atoms with Gasteiger partial charge in [0.2, 0.25) is 0 Å². The van der Waals surface area contributed by atoms with E-state index in [9.17, 15) is 9.90 Å². The lowest BCUT2D eigenvalue weighted by Gasteiger charge is -2.22. The van der Waals surface area contributed by atoms with Gasteiger partial charge in [-0.2, -0.15) is 0 Å². The molecule has 0 radical (unpaired) electrons. The monoisotopic (exact) mass is 366 g/mol. The highest BCUT2D eigenvalue weighted by molar-refractivity contribution is 5.98. The van der Waals surface area contributed by atoms with Gasteiger partial charge in [-0.3, -0.25) is 4.79 Å². The molecule has 0 spiro atoms. The second-order valence-corrected chi connectivity index (χ2v) is 6.68. The summed E-state index contributed by atoms with van der Waals surface area (Å²) in [6.07, 6.45) is 0. The standard InChI is InChI=1S/C22H26N2O3/c1-4-27-19-7-5-6-17(13-19)15-24(10-11-25)22(26)21-14-18-9-8-16(2)12-20(18)23(21)3/h5-9,12-14,25H,4,10-11,15H2,1-3H3. The predicted octanol–water partition coefficient (Wildman–Crippen LogP) is 3.52. The molecule has 142 valence electrons. The van der Waals surface area contributed by atoms with Crippen LogP contribution in [-0.4, -0.2) is 40.2 Å². The fourth-order valence-corrected chi connectivity index (χ4v) is 3.30. The molecule has 0 aliphatic heterocycles. The van der Waals surface area contributed by atoms with Crippen molar-refractivity contribution in [3.63, 3.8) is 0 Å². The number of aliphatic hydroxyl groups is 1. The zero-order chi connectivity index (χ0) is 19.4. The highest BCUT2D eigenvalue weighted by Gasteiger charge is 2.20. The Morgan fingerprint density at radius 1 is 1.19 bits per heavy atom. The molecule has 0 fully saturated rings. The number of aromatic nitrogens is 1. The average molecular weight is 366 g/mol. The number of rotatable bonds is 7. The first-order valence-electron chi connectivity index (χ1n) is 9.21. The van der Waals surface area contributed by atoms with Gasteiger partial charge in [-0.1, -0.05) is 24.3 Å². The second-order valence-electron chi connectivity index (χ2n) is 6.68. The highest BCUT2D eigenvalue weighted by atomic mass is 16.5. The van der Waals surface area contributed by atoms with Crippen molar-refractivity contribution >= 4 is 16.8 Å². The van der Waals surface area contributed by atoms with Gasteiger partial charge >= 0.3 is 0 Å². The summed E-state index contributed by atoms with van der Waals surface area (Å²) in [4.78, 5) is 14.9. The Morgan fingerprint density at radius 3 is 2.74 bits per heavy atom. The summed E-state index contributed by atoms with van der Waals surface area (Å²) in [5, 5.41) is 10.5. The molecular formula is C22H26N2O3. The maximum absolute atomic E-state index is 13.2. The van der Waals surface area contributed by atoms with Crippen LogP contribution in [0, 0.1) is 6.92 Å². The smallest absolute Gasteiger partial charge is 0.270 e. The molecule has 3 aromatic rings. The summed E-state index contributed by atoms with van der Waals surface area (Å²) in [6.45, 7) is 5.19. The number of benzene rings is 2. The van der Waals surface area contributed by atoms with Gasteiger partial charge in [0.05, 0.1) is 13.2 Å². The van der Waals surface area contributed by atoms with E-state index in [-0.39, 0.29) is 19.1 Å². The lowest BCUT2D eigenvalue weighted by molar-refractivity contribution is 0.0698. The zero-order valence-electron chi connectivity index (χ0n) is 16.1. The second kappa shape index (κ2) is 8.27. The third-order valence-electron chi connectivity index (χ3n) is 4.66. The van der Waals surface area contributed by atoms with Gasteiger partial charge in [0.25, 0.3) is 5.91 Å². The van der Waals surface area contributed by atoms with Crippen LogP contribution < -0.4 is 4.74 Å². The van der Waals surface area contributed by atoms with E-state index in [4.69, 9.17) is 4.74 Å². The molecule has 0 aliphatic rings. The summed E-state index contributed by atoms with van der Waals surface area (Å²) >= 11 is 0. The Kier molecular flexibility index (Phi) is 5.81. The molecule has 0 bridgehead atoms. The van der Waals surface area contributed by atoms with E-state index in [1.54, 1.807) is 4.90 Å². The zero-order valence-corrected chi connectivity index (χ0v) is 16.1. The molecule has 0 aliphatic carbocycles. The van der Waals surface area contributed by atoms with E-state index < -0.39 is 0 Å². The quantitative estimate of drug-likeness (QED) is 0.696. The molecular weight excluding hydrogens is 340 g/mol. The molecule has 1 heterocycles. The molecule has 1 aromatic heterocycles. The summed E-state index contributed by atoms with van der Waals surface area (Å²) in [5.74, 6) is 0.689. The lowest BCUT2D eigenvalue weighted by atomic mass is 10.2. The van der Waals surface area contributed by atoms with Crippen LogP contribution in [0.2, 0.25) is 0 Å². The van der Waals surface area contributed by atoms with Crippen LogP contribution in [0.5, 0.6) is 5.75 Å². The number of nitrogens with zero attached hydrogens (tertiary/aromatic N) is 2. The molecule has 0 unspecified atom stereocenters. The SMILES string of the molecule is CCOc1cccc(CN(CCO)C(=O)c2cc3ccc(C)cc3n2C)c1. The summed E-state index contributed by atoms with van der Waals surface area (Å²) in [6, 6.07) is 15.8. The first-order valence-corrected chi connectivity index (χ1v) is 9.21. The number of carbonyl (C=O) groups is 1. The van der Waals surface area contributed by atoms with Crippen molar-refractivity contribution in [3.05, 3.63) is 65.4 Å². The van der Waals surface area contributed by atoms with Crippen LogP contribution in [0.15, 0.2) is 48.5 Å². The topological polar surface area (TPSA) is 54.7 Å². The molecule has 1 amide bonds. The minimum Gasteiger partial charge on any atom is -0.494 e. The fraction of sp³-hybridized carbons (Fsp3) is 0.318. The molecule has 1 N–H and O–H groups in total. The Hall–Kier alpha value is -2.79. The summed E-state index contributed by atoms with van der Waals surface area (Å²) in [5.41, 5.74) is 3.77. The number of aryl methyl sites for hydroxylation is 2. The van der Waals surface area contributed by atoms with Gasteiger partial charge in [0.1, 0.15) is 11.4 Å². The molecule has 5 nitrogen and oxygen atoms in total. The van der Waals surface area contributed by atoms with Crippen molar-refractivity contribution in [1.82, 2.24) is 9.47 Å². The van der Waals surface area contributed by atoms with Crippen molar-refractivity contribution in [1.29, 1.82) is 0 Å². The molecule has 5 heteroatoms. The minimum atomic E-state index is -0.0952. The molecule has 0 saturated heterocycles. The maximum atomic E-state index is 13.2. The Morgan fingerprint density at radius 2 is 2.00 bits per heavy atom. The fourth-order valence-electron chi connectivity index (χ4n) is 3.30. The maximum Gasteiger partial charge on any atom is 0.270 e. The van der Waals surface area contributed by atoms with Crippen molar-refractivity contribution < 1.29 is 14.6 Å². The Bertz CT molecular complexity index is 946. The van der Waals surface area contributed by atoms with Crippen LogP contribution in [0.25, 0.3) is 10.9 Å². The van der Waals surface area contributed by atoms with Gasteiger partial charge in [-0.15, -0.1) is 0 Å². The molecule has 0 saturated carbocycles. The number of ether oxygens (including phenoxy) is 1. The van der Waals surface area contributed by atoms with Crippen LogP contribution in [0.1, 0.15) is 28.5 Å². The lowest BCUT2D eigenvalue weighted by Crippen LogP contribution is -2.34. The van der Waals surface area contributed by atoms with Crippen molar-refractivity contribution in [2.45, 2.75) is 20.4 Å². The van der Waals surface area contributed by atoms with E-state index in [0.29, 0.717) is 18.8 Å². The van der Waals surface area contributed by atoms with Gasteiger partial charge < -0.3 is 19.3 Å². The van der Waals surface area contributed by atoms with Gasteiger partial charge in [-0.25, -0.2) is 0 Å². The van der Waals surface area contributed by atoms with Crippen LogP contribution >= 0.6 is 0 Å². The third-order valence-corrected chi connectivity index (χ3v) is 4.66. The molecule has 0 atom stereocenters. The number of hydrogen-bond acceptors (Lipinski definition) is 3. The Balaban J connectivity index is 1.89. The minimum absolute atomic E-state index is 0.0834. The number of carbonyl (C=O) groups excluding carboxylic acids is 1. The normalized spacial score (nSPS) is 11.0. The molecule has 2 aromatic carbocycles. The third kappa shape index (κ3) is 4.14. The Labute approximate surface area is 159 Å². The van der Waals surface area contributed by atoms with E-state index >= 15 is 0 Å². The molecule has 27 heavy (non-hydrogen) atoms. The van der Waals surface area contributed by atoms with Gasteiger partial charge in [0, 0.05) is 31.0 Å². The van der Waals surface area contributed by atoms with Gasteiger partial charge in [-0.05, 0) is 49.2 Å². The first kappa shape index (κ1) is 19.0. The van der Waals surface area contributed by atoms with Crippen LogP contribution in [-0.2, 0) is 13.6 Å². The largest absolute Gasteiger partial charge is 0.494 e. The highest BCUT2D eigenvalue weighted by Crippen LogP contribution is 2.22. The van der Waals surface area contributed by atoms with Crippen molar-refractivity contribution in [2.75, 3.05) is 19.8 Å². The van der Waals surface area contributed by atoms with Crippen LogP contribution in [0.3, 0.4) is 0 Å². The van der Waals surface area contributed by atoms with E-state index in [1.165, 1.54) is 0 Å². The average Bonchev–Trinajstić information content (AvgIpc) is 2.98. The molecule has 3 rings (SSSR count). The summed E-state index contributed by atoms with van der Waals surface area (Å²) < 4.78 is 7.47. The van der Waals surface area contributed by atoms with Crippen molar-refractivity contribution in [3.8, 4) is 5.75 Å². The van der Waals surface area contributed by atoms with E-state index in [2.05, 4.69) is 6.07 Å². The van der Waals surface area contributed by atoms with E-state index in [1.807, 2.05) is 67.9 Å². The van der Waals surface area contributed by atoms with Gasteiger partial charge in [0.15, 0.2) is 0 Å². The number of aliphatic hydroxyl groups excluding tert-OH is 1. The first-order chi connectivity index (χ1) is 13.0. The van der Waals surface area contributed by atoms with E-state index in [0.717, 1.165) is 27.8 Å².